The van der Waals surface area contributed by atoms with Gasteiger partial charge >= 0.3 is 0 Å². The summed E-state index contributed by atoms with van der Waals surface area (Å²) in [6.07, 6.45) is 3.91. The molecule has 0 saturated heterocycles. The summed E-state index contributed by atoms with van der Waals surface area (Å²) in [5.74, 6) is 0.801. The SMILES string of the molecule is CC(N)c1ccc(OCC2(O)CCCC2)cc1. The van der Waals surface area contributed by atoms with Crippen LogP contribution in [0.2, 0.25) is 0 Å². The molecule has 3 N–H and O–H groups in total. The third-order valence-corrected chi connectivity index (χ3v) is 3.45. The van der Waals surface area contributed by atoms with Crippen LogP contribution in [0.1, 0.15) is 44.2 Å². The lowest BCUT2D eigenvalue weighted by molar-refractivity contribution is 0.00140. The Hall–Kier alpha value is -1.06. The van der Waals surface area contributed by atoms with Crippen molar-refractivity contribution in [2.75, 3.05) is 6.61 Å². The highest BCUT2D eigenvalue weighted by atomic mass is 16.5. The van der Waals surface area contributed by atoms with Gasteiger partial charge in [0.2, 0.25) is 0 Å². The van der Waals surface area contributed by atoms with E-state index in [2.05, 4.69) is 0 Å². The Balaban J connectivity index is 1.90. The quantitative estimate of drug-likeness (QED) is 0.842. The number of ether oxygens (including phenoxy) is 1. The van der Waals surface area contributed by atoms with Crippen LogP contribution in [0.3, 0.4) is 0 Å². The Morgan fingerprint density at radius 1 is 1.29 bits per heavy atom. The Morgan fingerprint density at radius 3 is 2.41 bits per heavy atom. The molecule has 1 aliphatic rings. The number of aliphatic hydroxyl groups is 1. The van der Waals surface area contributed by atoms with Crippen molar-refractivity contribution in [1.29, 1.82) is 0 Å². The maximum atomic E-state index is 10.2. The molecule has 1 aromatic rings. The molecule has 1 fully saturated rings. The number of hydrogen-bond acceptors (Lipinski definition) is 3. The molecule has 1 aliphatic carbocycles. The summed E-state index contributed by atoms with van der Waals surface area (Å²) < 4.78 is 5.64. The summed E-state index contributed by atoms with van der Waals surface area (Å²) in [6.45, 7) is 2.35. The molecule has 0 amide bonds. The zero-order valence-electron chi connectivity index (χ0n) is 10.4. The molecule has 1 unspecified atom stereocenters. The monoisotopic (exact) mass is 235 g/mol. The van der Waals surface area contributed by atoms with Crippen LogP contribution in [0.4, 0.5) is 0 Å². The smallest absolute Gasteiger partial charge is 0.119 e. The van der Waals surface area contributed by atoms with E-state index in [1.807, 2.05) is 31.2 Å². The molecule has 0 aliphatic heterocycles. The highest BCUT2D eigenvalue weighted by Crippen LogP contribution is 2.30. The molecule has 17 heavy (non-hydrogen) atoms. The highest BCUT2D eigenvalue weighted by Gasteiger charge is 2.31. The zero-order chi connectivity index (χ0) is 12.3. The summed E-state index contributed by atoms with van der Waals surface area (Å²) in [7, 11) is 0. The van der Waals surface area contributed by atoms with E-state index in [1.54, 1.807) is 0 Å². The molecule has 1 atom stereocenters. The van der Waals surface area contributed by atoms with Crippen LogP contribution in [0.5, 0.6) is 5.75 Å². The van der Waals surface area contributed by atoms with Gasteiger partial charge in [0.1, 0.15) is 12.4 Å². The van der Waals surface area contributed by atoms with Crippen molar-refractivity contribution in [3.63, 3.8) is 0 Å². The Labute approximate surface area is 103 Å². The van der Waals surface area contributed by atoms with Gasteiger partial charge in [-0.25, -0.2) is 0 Å². The molecule has 0 heterocycles. The van der Waals surface area contributed by atoms with Gasteiger partial charge in [-0.2, -0.15) is 0 Å². The topological polar surface area (TPSA) is 55.5 Å². The van der Waals surface area contributed by atoms with Gasteiger partial charge in [-0.3, -0.25) is 0 Å². The van der Waals surface area contributed by atoms with Crippen molar-refractivity contribution in [2.24, 2.45) is 5.73 Å². The second-order valence-corrected chi connectivity index (χ2v) is 5.08. The van der Waals surface area contributed by atoms with Gasteiger partial charge < -0.3 is 15.6 Å². The molecule has 1 aromatic carbocycles. The predicted molar refractivity (Wildman–Crippen MR) is 68.0 cm³/mol. The van der Waals surface area contributed by atoms with Crippen molar-refractivity contribution in [3.05, 3.63) is 29.8 Å². The molecular weight excluding hydrogens is 214 g/mol. The second-order valence-electron chi connectivity index (χ2n) is 5.08. The number of nitrogens with two attached hydrogens (primary N) is 1. The lowest BCUT2D eigenvalue weighted by atomic mass is 10.0. The third kappa shape index (κ3) is 3.20. The van der Waals surface area contributed by atoms with Crippen molar-refractivity contribution >= 4 is 0 Å². The molecular formula is C14H21NO2. The first kappa shape index (κ1) is 12.4. The average Bonchev–Trinajstić information content (AvgIpc) is 2.75. The van der Waals surface area contributed by atoms with Gasteiger partial charge in [-0.1, -0.05) is 25.0 Å². The largest absolute Gasteiger partial charge is 0.491 e. The molecule has 94 valence electrons. The molecule has 1 saturated carbocycles. The summed E-state index contributed by atoms with van der Waals surface area (Å²) in [5, 5.41) is 10.2. The maximum Gasteiger partial charge on any atom is 0.119 e. The molecule has 0 bridgehead atoms. The number of hydrogen-bond donors (Lipinski definition) is 2. The van der Waals surface area contributed by atoms with Crippen molar-refractivity contribution < 1.29 is 9.84 Å². The lowest BCUT2D eigenvalue weighted by Gasteiger charge is -2.22. The fraction of sp³-hybridized carbons (Fsp3) is 0.571. The molecule has 0 radical (unpaired) electrons. The van der Waals surface area contributed by atoms with Gasteiger partial charge in [0.15, 0.2) is 0 Å². The van der Waals surface area contributed by atoms with E-state index < -0.39 is 5.60 Å². The summed E-state index contributed by atoms with van der Waals surface area (Å²) in [5.41, 5.74) is 6.26. The zero-order valence-corrected chi connectivity index (χ0v) is 10.4. The van der Waals surface area contributed by atoms with E-state index in [0.29, 0.717) is 6.61 Å². The predicted octanol–water partition coefficient (Wildman–Crippen LogP) is 2.39. The van der Waals surface area contributed by atoms with Gasteiger partial charge in [0, 0.05) is 6.04 Å². The van der Waals surface area contributed by atoms with E-state index in [4.69, 9.17) is 10.5 Å². The molecule has 3 heteroatoms. The summed E-state index contributed by atoms with van der Waals surface area (Å²) in [4.78, 5) is 0. The first-order chi connectivity index (χ1) is 8.09. The van der Waals surface area contributed by atoms with Crippen LogP contribution >= 0.6 is 0 Å². The fourth-order valence-corrected chi connectivity index (χ4v) is 2.26. The minimum atomic E-state index is -0.611. The Kier molecular flexibility index (Phi) is 3.69. The molecule has 0 aromatic heterocycles. The van der Waals surface area contributed by atoms with Gasteiger partial charge in [-0.05, 0) is 37.5 Å². The average molecular weight is 235 g/mol. The van der Waals surface area contributed by atoms with Gasteiger partial charge in [0.25, 0.3) is 0 Å². The van der Waals surface area contributed by atoms with Gasteiger partial charge in [-0.15, -0.1) is 0 Å². The summed E-state index contributed by atoms with van der Waals surface area (Å²) >= 11 is 0. The third-order valence-electron chi connectivity index (χ3n) is 3.45. The first-order valence-electron chi connectivity index (χ1n) is 6.30. The van der Waals surface area contributed by atoms with Crippen LogP contribution < -0.4 is 10.5 Å². The molecule has 2 rings (SSSR count). The standard InChI is InChI=1S/C14H21NO2/c1-11(15)12-4-6-13(7-5-12)17-10-14(16)8-2-3-9-14/h4-7,11,16H,2-3,8-10,15H2,1H3. The van der Waals surface area contributed by atoms with Gasteiger partial charge in [0.05, 0.1) is 5.60 Å². The van der Waals surface area contributed by atoms with Crippen LogP contribution in [-0.2, 0) is 0 Å². The van der Waals surface area contributed by atoms with E-state index in [1.165, 1.54) is 0 Å². The van der Waals surface area contributed by atoms with Crippen LogP contribution in [0, 0.1) is 0 Å². The maximum absolute atomic E-state index is 10.2. The molecule has 3 nitrogen and oxygen atoms in total. The van der Waals surface area contributed by atoms with Crippen LogP contribution in [-0.4, -0.2) is 17.3 Å². The highest BCUT2D eigenvalue weighted by molar-refractivity contribution is 5.28. The van der Waals surface area contributed by atoms with E-state index in [9.17, 15) is 5.11 Å². The van der Waals surface area contributed by atoms with E-state index >= 15 is 0 Å². The Bertz CT molecular complexity index is 353. The number of benzene rings is 1. The fourth-order valence-electron chi connectivity index (χ4n) is 2.26. The minimum absolute atomic E-state index is 0.0445. The minimum Gasteiger partial charge on any atom is -0.491 e. The second kappa shape index (κ2) is 5.07. The van der Waals surface area contributed by atoms with E-state index in [0.717, 1.165) is 37.0 Å². The van der Waals surface area contributed by atoms with Crippen molar-refractivity contribution in [2.45, 2.75) is 44.2 Å². The molecule has 0 spiro atoms. The van der Waals surface area contributed by atoms with Crippen LogP contribution in [0.15, 0.2) is 24.3 Å². The normalized spacial score (nSPS) is 20.2. The van der Waals surface area contributed by atoms with Crippen molar-refractivity contribution in [3.8, 4) is 5.75 Å². The lowest BCUT2D eigenvalue weighted by Crippen LogP contribution is -2.32. The summed E-state index contributed by atoms with van der Waals surface area (Å²) in [6, 6.07) is 7.81. The van der Waals surface area contributed by atoms with E-state index in [-0.39, 0.29) is 6.04 Å². The Morgan fingerprint density at radius 2 is 1.88 bits per heavy atom. The number of rotatable bonds is 4. The first-order valence-corrected chi connectivity index (χ1v) is 6.30. The van der Waals surface area contributed by atoms with Crippen LogP contribution in [0.25, 0.3) is 0 Å². The van der Waals surface area contributed by atoms with Crippen molar-refractivity contribution in [1.82, 2.24) is 0 Å².